The molecule has 4 rings (SSSR count). The summed E-state index contributed by atoms with van der Waals surface area (Å²) in [5, 5.41) is 4.13. The number of rotatable bonds is 7. The molecule has 1 atom stereocenters. The minimum Gasteiger partial charge on any atom is -0.493 e. The molecule has 1 aliphatic rings. The Kier molecular flexibility index (Phi) is 6.59. The lowest BCUT2D eigenvalue weighted by Gasteiger charge is -2.38. The second kappa shape index (κ2) is 9.54. The lowest BCUT2D eigenvalue weighted by molar-refractivity contribution is -0.132. The maximum atomic E-state index is 13.1. The summed E-state index contributed by atoms with van der Waals surface area (Å²) in [4.78, 5) is 17.2. The van der Waals surface area contributed by atoms with E-state index in [0.29, 0.717) is 18.8 Å². The third-order valence-corrected chi connectivity index (χ3v) is 6.58. The largest absolute Gasteiger partial charge is 0.493 e. The number of benzene rings is 2. The van der Waals surface area contributed by atoms with Gasteiger partial charge in [-0.05, 0) is 57.6 Å². The van der Waals surface area contributed by atoms with Crippen molar-refractivity contribution in [1.82, 2.24) is 9.80 Å². The van der Waals surface area contributed by atoms with Gasteiger partial charge in [0.2, 0.25) is 5.91 Å². The zero-order valence-electron chi connectivity index (χ0n) is 18.2. The van der Waals surface area contributed by atoms with Crippen LogP contribution in [0.15, 0.2) is 59.3 Å². The van der Waals surface area contributed by atoms with Crippen molar-refractivity contribution in [1.29, 1.82) is 0 Å². The highest BCUT2D eigenvalue weighted by molar-refractivity contribution is 7.07. The molecule has 6 heteroatoms. The summed E-state index contributed by atoms with van der Waals surface area (Å²) in [5.74, 6) is 1.58. The van der Waals surface area contributed by atoms with Crippen LogP contribution in [0.3, 0.4) is 0 Å². The number of hydrogen-bond acceptors (Lipinski definition) is 5. The van der Waals surface area contributed by atoms with Crippen molar-refractivity contribution in [3.8, 4) is 11.5 Å². The molecule has 0 spiro atoms. The quantitative estimate of drug-likeness (QED) is 0.552. The third kappa shape index (κ3) is 4.60. The lowest BCUT2D eigenvalue weighted by atomic mass is 9.87. The van der Waals surface area contributed by atoms with Gasteiger partial charge in [-0.15, -0.1) is 0 Å². The molecular weight excluding hydrogens is 408 g/mol. The van der Waals surface area contributed by atoms with Gasteiger partial charge in [0, 0.05) is 20.1 Å². The fourth-order valence-corrected chi connectivity index (χ4v) is 4.89. The molecule has 3 aromatic rings. The molecule has 0 radical (unpaired) electrons. The van der Waals surface area contributed by atoms with E-state index < -0.39 is 0 Å². The SMILES string of the molecule is COc1cc2c(cc1OC)[C@H](c1ccccc1)N(CC(=O)N(C)Cc1ccsc1)CC2. The molecule has 2 heterocycles. The van der Waals surface area contributed by atoms with E-state index >= 15 is 0 Å². The smallest absolute Gasteiger partial charge is 0.236 e. The van der Waals surface area contributed by atoms with Crippen LogP contribution in [-0.2, 0) is 17.8 Å². The van der Waals surface area contributed by atoms with Gasteiger partial charge in [-0.1, -0.05) is 30.3 Å². The molecule has 1 amide bonds. The second-order valence-corrected chi connectivity index (χ2v) is 8.60. The molecule has 0 saturated carbocycles. The monoisotopic (exact) mass is 436 g/mol. The summed E-state index contributed by atoms with van der Waals surface area (Å²) in [6.45, 7) is 1.81. The van der Waals surface area contributed by atoms with Crippen molar-refractivity contribution in [2.24, 2.45) is 0 Å². The van der Waals surface area contributed by atoms with E-state index in [2.05, 4.69) is 40.6 Å². The minimum absolute atomic E-state index is 0.0109. The first-order valence-corrected chi connectivity index (χ1v) is 11.3. The van der Waals surface area contributed by atoms with Crippen molar-refractivity contribution in [2.45, 2.75) is 19.0 Å². The van der Waals surface area contributed by atoms with Crippen molar-refractivity contribution in [3.63, 3.8) is 0 Å². The van der Waals surface area contributed by atoms with E-state index in [4.69, 9.17) is 9.47 Å². The predicted molar refractivity (Wildman–Crippen MR) is 124 cm³/mol. The molecule has 0 aliphatic carbocycles. The second-order valence-electron chi connectivity index (χ2n) is 7.82. The Balaban J connectivity index is 1.64. The van der Waals surface area contributed by atoms with E-state index in [1.54, 1.807) is 25.6 Å². The van der Waals surface area contributed by atoms with Gasteiger partial charge in [-0.3, -0.25) is 9.69 Å². The molecule has 2 aromatic carbocycles. The van der Waals surface area contributed by atoms with Crippen LogP contribution in [0.2, 0.25) is 0 Å². The van der Waals surface area contributed by atoms with Crippen molar-refractivity contribution in [3.05, 3.63) is 81.5 Å². The molecule has 0 saturated heterocycles. The number of carbonyl (C=O) groups excluding carboxylic acids is 1. The third-order valence-electron chi connectivity index (χ3n) is 5.85. The number of likely N-dealkylation sites (N-methyl/N-ethyl adjacent to an activating group) is 1. The van der Waals surface area contributed by atoms with Gasteiger partial charge in [0.15, 0.2) is 11.5 Å². The van der Waals surface area contributed by atoms with Crippen LogP contribution in [-0.4, -0.2) is 50.1 Å². The fourth-order valence-electron chi connectivity index (χ4n) is 4.23. The molecule has 31 heavy (non-hydrogen) atoms. The molecule has 0 fully saturated rings. The first-order chi connectivity index (χ1) is 15.1. The highest BCUT2D eigenvalue weighted by Crippen LogP contribution is 2.40. The number of hydrogen-bond donors (Lipinski definition) is 0. The maximum absolute atomic E-state index is 13.1. The molecule has 5 nitrogen and oxygen atoms in total. The van der Waals surface area contributed by atoms with E-state index in [1.807, 2.05) is 35.5 Å². The summed E-state index contributed by atoms with van der Waals surface area (Å²) in [6.07, 6.45) is 0.862. The Labute approximate surface area is 187 Å². The minimum atomic E-state index is -0.0109. The van der Waals surface area contributed by atoms with Crippen LogP contribution in [0, 0.1) is 0 Å². The van der Waals surface area contributed by atoms with Crippen molar-refractivity contribution in [2.75, 3.05) is 34.4 Å². The Morgan fingerprint density at radius 3 is 2.55 bits per heavy atom. The summed E-state index contributed by atoms with van der Waals surface area (Å²) in [7, 11) is 5.20. The summed E-state index contributed by atoms with van der Waals surface area (Å²) in [5.41, 5.74) is 4.75. The molecule has 1 aliphatic heterocycles. The zero-order valence-corrected chi connectivity index (χ0v) is 19.0. The maximum Gasteiger partial charge on any atom is 0.236 e. The van der Waals surface area contributed by atoms with E-state index in [-0.39, 0.29) is 11.9 Å². The number of thiophene rings is 1. The van der Waals surface area contributed by atoms with E-state index in [1.165, 1.54) is 22.3 Å². The number of carbonyl (C=O) groups is 1. The number of amides is 1. The Morgan fingerprint density at radius 2 is 1.87 bits per heavy atom. The van der Waals surface area contributed by atoms with Crippen LogP contribution in [0.4, 0.5) is 0 Å². The lowest BCUT2D eigenvalue weighted by Crippen LogP contribution is -2.43. The van der Waals surface area contributed by atoms with E-state index in [0.717, 1.165) is 18.7 Å². The van der Waals surface area contributed by atoms with Gasteiger partial charge in [-0.25, -0.2) is 0 Å². The highest BCUT2D eigenvalue weighted by atomic mass is 32.1. The topological polar surface area (TPSA) is 42.0 Å². The van der Waals surface area contributed by atoms with Crippen molar-refractivity contribution >= 4 is 17.2 Å². The molecular formula is C25H28N2O3S. The van der Waals surface area contributed by atoms with Crippen LogP contribution in [0.5, 0.6) is 11.5 Å². The summed E-state index contributed by atoms with van der Waals surface area (Å²) >= 11 is 1.65. The van der Waals surface area contributed by atoms with Crippen LogP contribution in [0.25, 0.3) is 0 Å². The Hall–Kier alpha value is -2.83. The first kappa shape index (κ1) is 21.4. The van der Waals surface area contributed by atoms with Crippen LogP contribution < -0.4 is 9.47 Å². The fraction of sp³-hybridized carbons (Fsp3) is 0.320. The number of ether oxygens (including phenoxy) is 2. The number of nitrogens with zero attached hydrogens (tertiary/aromatic N) is 2. The Morgan fingerprint density at radius 1 is 1.13 bits per heavy atom. The van der Waals surface area contributed by atoms with Crippen LogP contribution >= 0.6 is 11.3 Å². The molecule has 0 unspecified atom stereocenters. The normalized spacial score (nSPS) is 15.9. The highest BCUT2D eigenvalue weighted by Gasteiger charge is 2.32. The molecule has 0 N–H and O–H groups in total. The van der Waals surface area contributed by atoms with Gasteiger partial charge < -0.3 is 14.4 Å². The predicted octanol–water partition coefficient (Wildman–Crippen LogP) is 4.37. The van der Waals surface area contributed by atoms with Gasteiger partial charge in [0.05, 0.1) is 26.8 Å². The number of fused-ring (bicyclic) bond motifs is 1. The first-order valence-electron chi connectivity index (χ1n) is 10.4. The molecule has 1 aromatic heterocycles. The Bertz CT molecular complexity index is 1020. The number of methoxy groups -OCH3 is 2. The molecule has 0 bridgehead atoms. The van der Waals surface area contributed by atoms with Gasteiger partial charge in [-0.2, -0.15) is 11.3 Å². The molecule has 162 valence electrons. The summed E-state index contributed by atoms with van der Waals surface area (Å²) in [6, 6.07) is 16.6. The standard InChI is InChI=1S/C25H28N2O3S/c1-26(15-18-10-12-31-17-18)24(28)16-27-11-9-20-13-22(29-2)23(30-3)14-21(20)25(27)19-7-5-4-6-8-19/h4-8,10,12-14,17,25H,9,11,15-16H2,1-3H3/t25-/m0/s1. The summed E-state index contributed by atoms with van der Waals surface area (Å²) < 4.78 is 11.1. The van der Waals surface area contributed by atoms with E-state index in [9.17, 15) is 4.79 Å². The zero-order chi connectivity index (χ0) is 21.8. The average Bonchev–Trinajstić information content (AvgIpc) is 3.31. The van der Waals surface area contributed by atoms with Gasteiger partial charge in [0.25, 0.3) is 0 Å². The van der Waals surface area contributed by atoms with Gasteiger partial charge in [0.1, 0.15) is 0 Å². The average molecular weight is 437 g/mol. The van der Waals surface area contributed by atoms with Crippen molar-refractivity contribution < 1.29 is 14.3 Å². The van der Waals surface area contributed by atoms with Crippen LogP contribution in [0.1, 0.15) is 28.3 Å². The van der Waals surface area contributed by atoms with Gasteiger partial charge >= 0.3 is 0 Å².